The van der Waals surface area contributed by atoms with Gasteiger partial charge in [-0.2, -0.15) is 0 Å². The Balaban J connectivity index is 2.00. The monoisotopic (exact) mass is 306 g/mol. The fourth-order valence-corrected chi connectivity index (χ4v) is 2.14. The maximum absolute atomic E-state index is 12.0. The second kappa shape index (κ2) is 6.46. The number of ether oxygens (including phenoxy) is 1. The minimum absolute atomic E-state index is 0.239. The molecule has 2 atom stereocenters. The third kappa shape index (κ3) is 3.55. The summed E-state index contributed by atoms with van der Waals surface area (Å²) in [7, 11) is 0. The standard InChI is InChI=1S/C15H18N2O5/c1-8(2)13(15(20)21)17-12(18)7-11-14(19)16-9-5-3-4-6-10(9)22-11/h3-6,8,11,13H,7H2,1-2H3,(H,16,19)(H,17,18)(H,20,21). The molecule has 7 heteroatoms. The molecular formula is C15H18N2O5. The van der Waals surface area contributed by atoms with Gasteiger partial charge in [-0.3, -0.25) is 9.59 Å². The van der Waals surface area contributed by atoms with Crippen LogP contribution in [0.5, 0.6) is 5.75 Å². The number of aliphatic carboxylic acids is 1. The van der Waals surface area contributed by atoms with E-state index in [-0.39, 0.29) is 12.3 Å². The van der Waals surface area contributed by atoms with E-state index in [0.29, 0.717) is 11.4 Å². The van der Waals surface area contributed by atoms with Crippen LogP contribution in [0.1, 0.15) is 20.3 Å². The molecule has 7 nitrogen and oxygen atoms in total. The smallest absolute Gasteiger partial charge is 0.326 e. The van der Waals surface area contributed by atoms with Crippen LogP contribution in [0.2, 0.25) is 0 Å². The largest absolute Gasteiger partial charge is 0.480 e. The summed E-state index contributed by atoms with van der Waals surface area (Å²) in [5.74, 6) is -1.85. The fourth-order valence-electron chi connectivity index (χ4n) is 2.14. The van der Waals surface area contributed by atoms with Crippen molar-refractivity contribution in [3.8, 4) is 5.75 Å². The van der Waals surface area contributed by atoms with E-state index in [4.69, 9.17) is 9.84 Å². The summed E-state index contributed by atoms with van der Waals surface area (Å²) in [6.07, 6.45) is -1.21. The Hall–Kier alpha value is -2.57. The molecule has 118 valence electrons. The first-order chi connectivity index (χ1) is 10.4. The number of hydrogen-bond acceptors (Lipinski definition) is 4. The number of carboxylic acids is 1. The maximum atomic E-state index is 12.0. The van der Waals surface area contributed by atoms with Gasteiger partial charge in [0.25, 0.3) is 5.91 Å². The van der Waals surface area contributed by atoms with Crippen LogP contribution in [0.3, 0.4) is 0 Å². The van der Waals surface area contributed by atoms with Gasteiger partial charge < -0.3 is 20.5 Å². The average molecular weight is 306 g/mol. The minimum Gasteiger partial charge on any atom is -0.480 e. The van der Waals surface area contributed by atoms with Crippen molar-refractivity contribution in [3.05, 3.63) is 24.3 Å². The summed E-state index contributed by atoms with van der Waals surface area (Å²) < 4.78 is 5.50. The Morgan fingerprint density at radius 3 is 2.68 bits per heavy atom. The van der Waals surface area contributed by atoms with Crippen molar-refractivity contribution in [2.75, 3.05) is 5.32 Å². The first-order valence-corrected chi connectivity index (χ1v) is 6.97. The molecule has 0 bridgehead atoms. The maximum Gasteiger partial charge on any atom is 0.326 e. The van der Waals surface area contributed by atoms with Crippen LogP contribution in [0.4, 0.5) is 5.69 Å². The minimum atomic E-state index is -1.11. The predicted octanol–water partition coefficient (Wildman–Crippen LogP) is 1.00. The lowest BCUT2D eigenvalue weighted by Gasteiger charge is -2.26. The van der Waals surface area contributed by atoms with Crippen LogP contribution >= 0.6 is 0 Å². The third-order valence-corrected chi connectivity index (χ3v) is 3.33. The van der Waals surface area contributed by atoms with Crippen LogP contribution in [-0.2, 0) is 14.4 Å². The van der Waals surface area contributed by atoms with Crippen LogP contribution in [-0.4, -0.2) is 35.0 Å². The second-order valence-corrected chi connectivity index (χ2v) is 5.42. The van der Waals surface area contributed by atoms with Gasteiger partial charge in [-0.05, 0) is 18.1 Å². The summed E-state index contributed by atoms with van der Waals surface area (Å²) >= 11 is 0. The quantitative estimate of drug-likeness (QED) is 0.753. The first-order valence-electron chi connectivity index (χ1n) is 6.97. The highest BCUT2D eigenvalue weighted by Gasteiger charge is 2.31. The van der Waals surface area contributed by atoms with E-state index >= 15 is 0 Å². The Morgan fingerprint density at radius 1 is 1.36 bits per heavy atom. The molecule has 0 aliphatic carbocycles. The molecule has 3 N–H and O–H groups in total. The Bertz CT molecular complexity index is 599. The zero-order valence-electron chi connectivity index (χ0n) is 12.3. The molecule has 1 heterocycles. The zero-order valence-corrected chi connectivity index (χ0v) is 12.3. The molecule has 22 heavy (non-hydrogen) atoms. The molecule has 1 aromatic carbocycles. The van der Waals surface area contributed by atoms with Crippen molar-refractivity contribution in [2.24, 2.45) is 5.92 Å². The van der Waals surface area contributed by atoms with E-state index in [1.54, 1.807) is 38.1 Å². The number of benzene rings is 1. The fraction of sp³-hybridized carbons (Fsp3) is 0.400. The van der Waals surface area contributed by atoms with Crippen molar-refractivity contribution in [2.45, 2.75) is 32.4 Å². The highest BCUT2D eigenvalue weighted by Crippen LogP contribution is 2.29. The number of carbonyl (C=O) groups is 3. The van der Waals surface area contributed by atoms with E-state index < -0.39 is 29.9 Å². The number of nitrogens with one attached hydrogen (secondary N) is 2. The summed E-state index contributed by atoms with van der Waals surface area (Å²) in [5.41, 5.74) is 0.551. The third-order valence-electron chi connectivity index (χ3n) is 3.33. The predicted molar refractivity (Wildman–Crippen MR) is 78.5 cm³/mol. The van der Waals surface area contributed by atoms with Crippen LogP contribution < -0.4 is 15.4 Å². The van der Waals surface area contributed by atoms with Crippen LogP contribution in [0, 0.1) is 5.92 Å². The van der Waals surface area contributed by atoms with Gasteiger partial charge in [0.1, 0.15) is 11.8 Å². The van der Waals surface area contributed by atoms with Crippen molar-refractivity contribution < 1.29 is 24.2 Å². The van der Waals surface area contributed by atoms with Gasteiger partial charge >= 0.3 is 5.97 Å². The Labute approximate surface area is 127 Å². The van der Waals surface area contributed by atoms with Gasteiger partial charge in [0.05, 0.1) is 12.1 Å². The van der Waals surface area contributed by atoms with Crippen molar-refractivity contribution >= 4 is 23.5 Å². The zero-order chi connectivity index (χ0) is 16.3. The van der Waals surface area contributed by atoms with Crippen molar-refractivity contribution in [3.63, 3.8) is 0 Å². The molecule has 2 rings (SSSR count). The highest BCUT2D eigenvalue weighted by atomic mass is 16.5. The second-order valence-electron chi connectivity index (χ2n) is 5.42. The molecule has 0 saturated heterocycles. The van der Waals surface area contributed by atoms with Gasteiger partial charge in [-0.25, -0.2) is 4.79 Å². The molecule has 2 unspecified atom stereocenters. The van der Waals surface area contributed by atoms with E-state index in [0.717, 1.165) is 0 Å². The van der Waals surface area contributed by atoms with Crippen molar-refractivity contribution in [1.29, 1.82) is 0 Å². The topological polar surface area (TPSA) is 105 Å². The SMILES string of the molecule is CC(C)C(NC(=O)CC1Oc2ccccc2NC1=O)C(=O)O. The molecule has 0 saturated carbocycles. The van der Waals surface area contributed by atoms with Gasteiger partial charge in [-0.1, -0.05) is 26.0 Å². The van der Waals surface area contributed by atoms with E-state index in [1.165, 1.54) is 0 Å². The molecule has 0 radical (unpaired) electrons. The Morgan fingerprint density at radius 2 is 2.05 bits per heavy atom. The normalized spacial score (nSPS) is 18.0. The van der Waals surface area contributed by atoms with E-state index in [1.807, 2.05) is 0 Å². The lowest BCUT2D eigenvalue weighted by atomic mass is 10.0. The highest BCUT2D eigenvalue weighted by molar-refractivity contribution is 6.00. The number of fused-ring (bicyclic) bond motifs is 1. The number of carboxylic acid groups (broad SMARTS) is 1. The molecule has 1 aromatic rings. The summed E-state index contributed by atoms with van der Waals surface area (Å²) in [6.45, 7) is 3.39. The van der Waals surface area contributed by atoms with Crippen LogP contribution in [0.25, 0.3) is 0 Å². The lowest BCUT2D eigenvalue weighted by molar-refractivity contribution is -0.143. The molecule has 1 aliphatic heterocycles. The van der Waals surface area contributed by atoms with Gasteiger partial charge in [-0.15, -0.1) is 0 Å². The first kappa shape index (κ1) is 15.8. The number of hydrogen-bond donors (Lipinski definition) is 3. The molecule has 0 spiro atoms. The number of para-hydroxylation sites is 2. The average Bonchev–Trinajstić information content (AvgIpc) is 2.45. The van der Waals surface area contributed by atoms with Crippen molar-refractivity contribution in [1.82, 2.24) is 5.32 Å². The molecule has 1 aliphatic rings. The summed E-state index contributed by atoms with van der Waals surface area (Å²) in [5, 5.41) is 14.1. The Kier molecular flexibility index (Phi) is 4.65. The summed E-state index contributed by atoms with van der Waals surface area (Å²) in [4.78, 5) is 34.9. The number of amides is 2. The molecular weight excluding hydrogens is 288 g/mol. The van der Waals surface area contributed by atoms with Gasteiger partial charge in [0.15, 0.2) is 6.10 Å². The molecule has 0 fully saturated rings. The van der Waals surface area contributed by atoms with E-state index in [9.17, 15) is 14.4 Å². The number of anilines is 1. The van der Waals surface area contributed by atoms with Gasteiger partial charge in [0.2, 0.25) is 5.91 Å². The van der Waals surface area contributed by atoms with E-state index in [2.05, 4.69) is 10.6 Å². The summed E-state index contributed by atoms with van der Waals surface area (Å²) in [6, 6.07) is 5.91. The van der Waals surface area contributed by atoms with Gasteiger partial charge in [0, 0.05) is 0 Å². The lowest BCUT2D eigenvalue weighted by Crippen LogP contribution is -2.47. The molecule has 0 aromatic heterocycles. The molecule has 2 amide bonds. The number of rotatable bonds is 5. The number of carbonyl (C=O) groups excluding carboxylic acids is 2. The van der Waals surface area contributed by atoms with Crippen LogP contribution in [0.15, 0.2) is 24.3 Å².